The highest BCUT2D eigenvalue weighted by Gasteiger charge is 2.30. The summed E-state index contributed by atoms with van der Waals surface area (Å²) in [5.41, 5.74) is 5.73. The predicted octanol–water partition coefficient (Wildman–Crippen LogP) is 1.11. The molecule has 0 radical (unpaired) electrons. The third-order valence-corrected chi connectivity index (χ3v) is 3.16. The van der Waals surface area contributed by atoms with Crippen LogP contribution in [0.4, 0.5) is 0 Å². The van der Waals surface area contributed by atoms with Crippen LogP contribution in [-0.4, -0.2) is 38.3 Å². The first-order valence-electron chi connectivity index (χ1n) is 6.77. The number of nitrogens with one attached hydrogen (secondary N) is 1. The van der Waals surface area contributed by atoms with Crippen molar-refractivity contribution < 1.29 is 14.3 Å². The van der Waals surface area contributed by atoms with Gasteiger partial charge in [0.1, 0.15) is 17.9 Å². The second-order valence-electron chi connectivity index (χ2n) is 4.90. The summed E-state index contributed by atoms with van der Waals surface area (Å²) in [6, 6.07) is 7.75. The van der Waals surface area contributed by atoms with Gasteiger partial charge in [0.25, 0.3) is 0 Å². The Labute approximate surface area is 120 Å². The lowest BCUT2D eigenvalue weighted by Gasteiger charge is -2.26. The van der Waals surface area contributed by atoms with E-state index < -0.39 is 11.4 Å². The molecule has 5 heteroatoms. The molecule has 1 amide bonds. The van der Waals surface area contributed by atoms with Crippen molar-refractivity contribution >= 4 is 5.91 Å². The Morgan fingerprint density at radius 2 is 2.00 bits per heavy atom. The molecule has 112 valence electrons. The van der Waals surface area contributed by atoms with E-state index in [1.807, 2.05) is 31.2 Å². The van der Waals surface area contributed by atoms with Gasteiger partial charge in [-0.2, -0.15) is 0 Å². The molecule has 1 unspecified atom stereocenters. The molecule has 0 spiro atoms. The summed E-state index contributed by atoms with van der Waals surface area (Å²) in [6.07, 6.45) is 0.868. The molecule has 0 saturated heterocycles. The minimum Gasteiger partial charge on any atom is -0.491 e. The molecule has 0 bridgehead atoms. The van der Waals surface area contributed by atoms with Crippen LogP contribution < -0.4 is 15.8 Å². The number of primary amides is 1. The van der Waals surface area contributed by atoms with Crippen molar-refractivity contribution in [2.24, 2.45) is 5.73 Å². The van der Waals surface area contributed by atoms with Gasteiger partial charge < -0.3 is 20.5 Å². The zero-order valence-corrected chi connectivity index (χ0v) is 12.4. The van der Waals surface area contributed by atoms with Gasteiger partial charge in [-0.25, -0.2) is 0 Å². The summed E-state index contributed by atoms with van der Waals surface area (Å²) in [6.45, 7) is 5.21. The van der Waals surface area contributed by atoms with Crippen LogP contribution in [0.1, 0.15) is 19.4 Å². The summed E-state index contributed by atoms with van der Waals surface area (Å²) in [4.78, 5) is 11.5. The van der Waals surface area contributed by atoms with Crippen molar-refractivity contribution in [3.05, 3.63) is 29.8 Å². The first-order valence-corrected chi connectivity index (χ1v) is 6.77. The van der Waals surface area contributed by atoms with Gasteiger partial charge in [0.15, 0.2) is 0 Å². The minimum atomic E-state index is -0.858. The molecular weight excluding hydrogens is 256 g/mol. The van der Waals surface area contributed by atoms with E-state index in [2.05, 4.69) is 5.32 Å². The van der Waals surface area contributed by atoms with Gasteiger partial charge in [-0.3, -0.25) is 4.79 Å². The maximum absolute atomic E-state index is 11.5. The van der Waals surface area contributed by atoms with Crippen molar-refractivity contribution in [1.82, 2.24) is 5.32 Å². The SMILES string of the molecule is CCNC(C)(COc1ccc(CCOC)cc1)C(N)=O. The highest BCUT2D eigenvalue weighted by Crippen LogP contribution is 2.15. The van der Waals surface area contributed by atoms with Crippen LogP contribution in [0.3, 0.4) is 0 Å². The number of nitrogens with two attached hydrogens (primary N) is 1. The maximum atomic E-state index is 11.5. The molecule has 0 fully saturated rings. The molecule has 3 N–H and O–H groups in total. The molecule has 0 aliphatic heterocycles. The standard InChI is InChI=1S/C15H24N2O3/c1-4-17-15(2,14(16)18)11-20-13-7-5-12(6-8-13)9-10-19-3/h5-8,17H,4,9-11H2,1-3H3,(H2,16,18). The van der Waals surface area contributed by atoms with Gasteiger partial charge in [0, 0.05) is 7.11 Å². The monoisotopic (exact) mass is 280 g/mol. The van der Waals surface area contributed by atoms with Gasteiger partial charge in [0.05, 0.1) is 6.61 Å². The number of benzene rings is 1. The molecule has 0 saturated carbocycles. The Bertz CT molecular complexity index is 420. The van der Waals surface area contributed by atoms with Crippen LogP contribution in [0.5, 0.6) is 5.75 Å². The van der Waals surface area contributed by atoms with Crippen LogP contribution >= 0.6 is 0 Å². The van der Waals surface area contributed by atoms with Gasteiger partial charge in [-0.05, 0) is 37.6 Å². The number of rotatable bonds is 9. The highest BCUT2D eigenvalue weighted by molar-refractivity contribution is 5.84. The number of ether oxygens (including phenoxy) is 2. The molecule has 0 aliphatic rings. The molecular formula is C15H24N2O3. The summed E-state index contributed by atoms with van der Waals surface area (Å²) in [5, 5.41) is 3.05. The predicted molar refractivity (Wildman–Crippen MR) is 78.8 cm³/mol. The van der Waals surface area contributed by atoms with E-state index in [-0.39, 0.29) is 6.61 Å². The largest absolute Gasteiger partial charge is 0.491 e. The lowest BCUT2D eigenvalue weighted by Crippen LogP contribution is -2.57. The van der Waals surface area contributed by atoms with Crippen LogP contribution in [0.25, 0.3) is 0 Å². The first-order chi connectivity index (χ1) is 9.51. The number of likely N-dealkylation sites (N-methyl/N-ethyl adjacent to an activating group) is 1. The van der Waals surface area contributed by atoms with E-state index >= 15 is 0 Å². The van der Waals surface area contributed by atoms with E-state index in [4.69, 9.17) is 15.2 Å². The first kappa shape index (κ1) is 16.5. The fourth-order valence-electron chi connectivity index (χ4n) is 1.80. The quantitative estimate of drug-likeness (QED) is 0.710. The molecule has 0 heterocycles. The molecule has 5 nitrogen and oxygen atoms in total. The van der Waals surface area contributed by atoms with Crippen LogP contribution in [-0.2, 0) is 16.0 Å². The molecule has 1 aromatic carbocycles. The summed E-state index contributed by atoms with van der Waals surface area (Å²) in [5.74, 6) is 0.299. The van der Waals surface area contributed by atoms with Crippen LogP contribution in [0.15, 0.2) is 24.3 Å². The second-order valence-corrected chi connectivity index (χ2v) is 4.90. The fourth-order valence-corrected chi connectivity index (χ4v) is 1.80. The van der Waals surface area contributed by atoms with Gasteiger partial charge in [-0.15, -0.1) is 0 Å². The highest BCUT2D eigenvalue weighted by atomic mass is 16.5. The summed E-state index contributed by atoms with van der Waals surface area (Å²) >= 11 is 0. The van der Waals surface area contributed by atoms with Gasteiger partial charge >= 0.3 is 0 Å². The Balaban J connectivity index is 2.58. The third-order valence-electron chi connectivity index (χ3n) is 3.16. The normalized spacial score (nSPS) is 13.8. The number of carbonyl (C=O) groups excluding carboxylic acids is 1. The number of methoxy groups -OCH3 is 1. The van der Waals surface area contributed by atoms with Crippen molar-refractivity contribution in [1.29, 1.82) is 0 Å². The van der Waals surface area contributed by atoms with E-state index in [1.165, 1.54) is 5.56 Å². The smallest absolute Gasteiger partial charge is 0.240 e. The summed E-state index contributed by atoms with van der Waals surface area (Å²) in [7, 11) is 1.68. The zero-order valence-electron chi connectivity index (χ0n) is 12.4. The van der Waals surface area contributed by atoms with E-state index in [0.717, 1.165) is 12.2 Å². The Kier molecular flexibility index (Phi) is 6.48. The Hall–Kier alpha value is -1.59. The van der Waals surface area contributed by atoms with Crippen LogP contribution in [0.2, 0.25) is 0 Å². The lowest BCUT2D eigenvalue weighted by atomic mass is 10.0. The number of hydrogen-bond donors (Lipinski definition) is 2. The molecule has 1 aromatic rings. The lowest BCUT2D eigenvalue weighted by molar-refractivity contribution is -0.124. The van der Waals surface area contributed by atoms with Crippen molar-refractivity contribution in [2.75, 3.05) is 26.9 Å². The topological polar surface area (TPSA) is 73.6 Å². The average molecular weight is 280 g/mol. The molecule has 20 heavy (non-hydrogen) atoms. The van der Waals surface area contributed by atoms with E-state index in [1.54, 1.807) is 14.0 Å². The maximum Gasteiger partial charge on any atom is 0.240 e. The fraction of sp³-hybridized carbons (Fsp3) is 0.533. The van der Waals surface area contributed by atoms with Crippen molar-refractivity contribution in [3.63, 3.8) is 0 Å². The van der Waals surface area contributed by atoms with Gasteiger partial charge in [-0.1, -0.05) is 19.1 Å². The number of amides is 1. The molecule has 0 aliphatic carbocycles. The van der Waals surface area contributed by atoms with E-state index in [0.29, 0.717) is 13.2 Å². The van der Waals surface area contributed by atoms with Crippen LogP contribution in [0, 0.1) is 0 Å². The summed E-state index contributed by atoms with van der Waals surface area (Å²) < 4.78 is 10.7. The average Bonchev–Trinajstić information content (AvgIpc) is 2.44. The van der Waals surface area contributed by atoms with Gasteiger partial charge in [0.2, 0.25) is 5.91 Å². The molecule has 1 atom stereocenters. The van der Waals surface area contributed by atoms with Crippen molar-refractivity contribution in [3.8, 4) is 5.75 Å². The number of hydrogen-bond acceptors (Lipinski definition) is 4. The minimum absolute atomic E-state index is 0.202. The number of carbonyl (C=O) groups is 1. The zero-order chi connectivity index (χ0) is 15.0. The molecule has 1 rings (SSSR count). The Morgan fingerprint density at radius 3 is 2.50 bits per heavy atom. The third kappa shape index (κ3) is 4.83. The van der Waals surface area contributed by atoms with E-state index in [9.17, 15) is 4.79 Å². The van der Waals surface area contributed by atoms with Crippen molar-refractivity contribution in [2.45, 2.75) is 25.8 Å². The molecule has 0 aromatic heterocycles. The second kappa shape index (κ2) is 7.87. The Morgan fingerprint density at radius 1 is 1.35 bits per heavy atom.